The number of hydrogen-bond acceptors (Lipinski definition) is 5. The highest BCUT2D eigenvalue weighted by atomic mass is 16.3. The van der Waals surface area contributed by atoms with Crippen LogP contribution < -0.4 is 4.90 Å². The van der Waals surface area contributed by atoms with Crippen molar-refractivity contribution in [3.05, 3.63) is 47.9 Å². The van der Waals surface area contributed by atoms with Crippen LogP contribution in [0.15, 0.2) is 36.7 Å². The van der Waals surface area contributed by atoms with Crippen LogP contribution in [-0.2, 0) is 13.6 Å². The molecule has 6 nitrogen and oxygen atoms in total. The van der Waals surface area contributed by atoms with E-state index in [0.717, 1.165) is 22.5 Å². The van der Waals surface area contributed by atoms with Crippen LogP contribution in [0.3, 0.4) is 0 Å². The fraction of sp³-hybridized carbons (Fsp3) is 0.312. The monoisotopic (exact) mass is 297 g/mol. The minimum Gasteiger partial charge on any atom is -0.395 e. The maximum atomic E-state index is 9.42. The second-order valence-electron chi connectivity index (χ2n) is 5.24. The Kier molecular flexibility index (Phi) is 4.02. The third kappa shape index (κ3) is 2.65. The molecule has 3 rings (SSSR count). The first-order valence-electron chi connectivity index (χ1n) is 7.24. The molecule has 0 aliphatic carbocycles. The minimum atomic E-state index is 0.0671. The van der Waals surface area contributed by atoms with Gasteiger partial charge in [0.15, 0.2) is 5.65 Å². The highest BCUT2D eigenvalue weighted by molar-refractivity contribution is 5.89. The molecular weight excluding hydrogens is 278 g/mol. The van der Waals surface area contributed by atoms with Gasteiger partial charge >= 0.3 is 0 Å². The first kappa shape index (κ1) is 14.5. The predicted octanol–water partition coefficient (Wildman–Crippen LogP) is 1.67. The van der Waals surface area contributed by atoms with Crippen molar-refractivity contribution in [1.82, 2.24) is 19.7 Å². The van der Waals surface area contributed by atoms with Crippen molar-refractivity contribution in [2.24, 2.45) is 7.05 Å². The van der Waals surface area contributed by atoms with Gasteiger partial charge < -0.3 is 10.0 Å². The highest BCUT2D eigenvalue weighted by Crippen LogP contribution is 2.26. The largest absolute Gasteiger partial charge is 0.395 e. The van der Waals surface area contributed by atoms with Crippen LogP contribution in [0.1, 0.15) is 11.3 Å². The molecule has 22 heavy (non-hydrogen) atoms. The molecule has 0 aliphatic heterocycles. The van der Waals surface area contributed by atoms with Gasteiger partial charge in [0.1, 0.15) is 12.1 Å². The first-order chi connectivity index (χ1) is 10.7. The summed E-state index contributed by atoms with van der Waals surface area (Å²) in [6.45, 7) is 3.21. The van der Waals surface area contributed by atoms with E-state index < -0.39 is 0 Å². The summed E-state index contributed by atoms with van der Waals surface area (Å²) in [5.41, 5.74) is 2.87. The van der Waals surface area contributed by atoms with Gasteiger partial charge in [-0.1, -0.05) is 30.3 Å². The number of aromatic nitrogens is 4. The Bertz CT molecular complexity index is 769. The Hall–Kier alpha value is -2.47. The standard InChI is InChI=1S/C16H19N5O/c1-12-14-15(20(2)19-12)17-11-18-16(14)21(8-9-22)10-13-6-4-3-5-7-13/h3-7,11,22H,8-10H2,1-2H3. The van der Waals surface area contributed by atoms with Crippen molar-refractivity contribution < 1.29 is 5.11 Å². The molecule has 114 valence electrons. The minimum absolute atomic E-state index is 0.0671. The zero-order valence-electron chi connectivity index (χ0n) is 12.8. The van der Waals surface area contributed by atoms with Gasteiger partial charge in [-0.25, -0.2) is 9.97 Å². The van der Waals surface area contributed by atoms with E-state index in [0.29, 0.717) is 13.1 Å². The first-order valence-corrected chi connectivity index (χ1v) is 7.24. The normalized spacial score (nSPS) is 11.0. The number of aryl methyl sites for hydroxylation is 2. The lowest BCUT2D eigenvalue weighted by Crippen LogP contribution is -2.27. The Labute approximate surface area is 129 Å². The van der Waals surface area contributed by atoms with Gasteiger partial charge in [0.05, 0.1) is 17.7 Å². The van der Waals surface area contributed by atoms with Crippen LogP contribution in [0.25, 0.3) is 11.0 Å². The number of aliphatic hydroxyl groups is 1. The van der Waals surface area contributed by atoms with Gasteiger partial charge in [-0.05, 0) is 12.5 Å². The molecule has 3 aromatic rings. The van der Waals surface area contributed by atoms with Crippen molar-refractivity contribution in [3.63, 3.8) is 0 Å². The lowest BCUT2D eigenvalue weighted by Gasteiger charge is -2.23. The number of rotatable bonds is 5. The molecule has 0 radical (unpaired) electrons. The van der Waals surface area contributed by atoms with Gasteiger partial charge in [0.25, 0.3) is 0 Å². The van der Waals surface area contributed by atoms with Crippen molar-refractivity contribution in [1.29, 1.82) is 0 Å². The Balaban J connectivity index is 2.05. The SMILES string of the molecule is Cc1nn(C)c2ncnc(N(CCO)Cc3ccccc3)c12. The van der Waals surface area contributed by atoms with Crippen LogP contribution in [0, 0.1) is 6.92 Å². The quantitative estimate of drug-likeness (QED) is 0.776. The second-order valence-corrected chi connectivity index (χ2v) is 5.24. The Morgan fingerprint density at radius 1 is 1.18 bits per heavy atom. The average Bonchev–Trinajstić information content (AvgIpc) is 2.83. The van der Waals surface area contributed by atoms with E-state index >= 15 is 0 Å². The molecule has 1 N–H and O–H groups in total. The van der Waals surface area contributed by atoms with E-state index in [-0.39, 0.29) is 6.61 Å². The summed E-state index contributed by atoms with van der Waals surface area (Å²) >= 11 is 0. The topological polar surface area (TPSA) is 67.1 Å². The zero-order chi connectivity index (χ0) is 15.5. The van der Waals surface area contributed by atoms with Crippen molar-refractivity contribution in [3.8, 4) is 0 Å². The second kappa shape index (κ2) is 6.11. The molecule has 2 aromatic heterocycles. The molecular formula is C16H19N5O. The summed E-state index contributed by atoms with van der Waals surface area (Å²) in [6, 6.07) is 10.2. The van der Waals surface area contributed by atoms with Crippen molar-refractivity contribution in [2.45, 2.75) is 13.5 Å². The van der Waals surface area contributed by atoms with Gasteiger partial charge in [0.2, 0.25) is 0 Å². The van der Waals surface area contributed by atoms with Crippen molar-refractivity contribution in [2.75, 3.05) is 18.1 Å². The van der Waals surface area contributed by atoms with E-state index in [2.05, 4.69) is 32.1 Å². The third-order valence-electron chi connectivity index (χ3n) is 3.66. The van der Waals surface area contributed by atoms with Gasteiger partial charge in [-0.15, -0.1) is 0 Å². The molecule has 1 aromatic carbocycles. The summed E-state index contributed by atoms with van der Waals surface area (Å²) in [5, 5.41) is 14.8. The highest BCUT2D eigenvalue weighted by Gasteiger charge is 2.17. The van der Waals surface area contributed by atoms with E-state index in [4.69, 9.17) is 0 Å². The molecule has 0 amide bonds. The molecule has 0 aliphatic rings. The van der Waals surface area contributed by atoms with E-state index in [1.54, 1.807) is 11.0 Å². The molecule has 6 heteroatoms. The van der Waals surface area contributed by atoms with Crippen molar-refractivity contribution >= 4 is 16.9 Å². The number of anilines is 1. The van der Waals surface area contributed by atoms with Crippen LogP contribution in [0.2, 0.25) is 0 Å². The van der Waals surface area contributed by atoms with Gasteiger partial charge in [0, 0.05) is 20.1 Å². The maximum absolute atomic E-state index is 9.42. The third-order valence-corrected chi connectivity index (χ3v) is 3.66. The summed E-state index contributed by atoms with van der Waals surface area (Å²) in [4.78, 5) is 10.8. The smallest absolute Gasteiger partial charge is 0.163 e. The number of hydrogen-bond donors (Lipinski definition) is 1. The molecule has 2 heterocycles. The number of aliphatic hydroxyl groups excluding tert-OH is 1. The fourth-order valence-corrected chi connectivity index (χ4v) is 2.68. The molecule has 0 fully saturated rings. The summed E-state index contributed by atoms with van der Waals surface area (Å²) < 4.78 is 1.76. The summed E-state index contributed by atoms with van der Waals surface area (Å²) in [5.74, 6) is 0.813. The molecule has 0 spiro atoms. The molecule has 0 atom stereocenters. The fourth-order valence-electron chi connectivity index (χ4n) is 2.68. The summed E-state index contributed by atoms with van der Waals surface area (Å²) in [6.07, 6.45) is 1.55. The van der Waals surface area contributed by atoms with E-state index in [9.17, 15) is 5.11 Å². The Morgan fingerprint density at radius 3 is 2.68 bits per heavy atom. The zero-order valence-corrected chi connectivity index (χ0v) is 12.8. The van der Waals surface area contributed by atoms with Crippen LogP contribution >= 0.6 is 0 Å². The Morgan fingerprint density at radius 2 is 1.95 bits per heavy atom. The van der Waals surface area contributed by atoms with E-state index in [1.807, 2.05) is 32.2 Å². The lowest BCUT2D eigenvalue weighted by molar-refractivity contribution is 0.301. The van der Waals surface area contributed by atoms with Gasteiger partial charge in [-0.2, -0.15) is 5.10 Å². The summed E-state index contributed by atoms with van der Waals surface area (Å²) in [7, 11) is 1.87. The van der Waals surface area contributed by atoms with Crippen LogP contribution in [0.5, 0.6) is 0 Å². The number of nitrogens with zero attached hydrogens (tertiary/aromatic N) is 5. The van der Waals surface area contributed by atoms with Crippen LogP contribution in [0.4, 0.5) is 5.82 Å². The molecule has 0 unspecified atom stereocenters. The maximum Gasteiger partial charge on any atom is 0.163 e. The average molecular weight is 297 g/mol. The molecule has 0 saturated carbocycles. The molecule has 0 saturated heterocycles. The predicted molar refractivity (Wildman–Crippen MR) is 85.6 cm³/mol. The molecule has 0 bridgehead atoms. The number of benzene rings is 1. The van der Waals surface area contributed by atoms with Crippen LogP contribution in [-0.4, -0.2) is 38.0 Å². The lowest BCUT2D eigenvalue weighted by atomic mass is 10.2. The number of fused-ring (bicyclic) bond motifs is 1. The van der Waals surface area contributed by atoms with Gasteiger partial charge in [-0.3, -0.25) is 4.68 Å². The van der Waals surface area contributed by atoms with E-state index in [1.165, 1.54) is 5.56 Å².